The molecule has 0 N–H and O–H groups in total. The number of hydrogen-bond donors (Lipinski definition) is 0. The van der Waals surface area contributed by atoms with Crippen LogP contribution >= 0.6 is 11.8 Å². The molecule has 3 nitrogen and oxygen atoms in total. The maximum Gasteiger partial charge on any atom is 0.161 e. The van der Waals surface area contributed by atoms with Crippen LogP contribution in [0.1, 0.15) is 21.9 Å². The highest BCUT2D eigenvalue weighted by atomic mass is 32.2. The Morgan fingerprint density at radius 1 is 0.444 bits per heavy atom. The highest BCUT2D eigenvalue weighted by Gasteiger charge is 2.17. The molecule has 0 spiro atoms. The van der Waals surface area contributed by atoms with E-state index in [1.54, 1.807) is 18.2 Å². The molecule has 4 heteroatoms. The van der Waals surface area contributed by atoms with Gasteiger partial charge in [0.25, 0.3) is 0 Å². The van der Waals surface area contributed by atoms with Crippen molar-refractivity contribution in [1.29, 1.82) is 0 Å². The van der Waals surface area contributed by atoms with Crippen molar-refractivity contribution < 1.29 is 21.9 Å². The van der Waals surface area contributed by atoms with Crippen LogP contribution in [0.5, 0.6) is 0 Å². The van der Waals surface area contributed by atoms with Crippen LogP contribution < -0.4 is 4.90 Å². The van der Waals surface area contributed by atoms with Crippen LogP contribution in [-0.2, 0) is 0 Å². The van der Waals surface area contributed by atoms with Gasteiger partial charge in [0.15, 0.2) is 5.82 Å². The fourth-order valence-corrected chi connectivity index (χ4v) is 6.78. The molecule has 8 aromatic carbocycles. The van der Waals surface area contributed by atoms with Crippen LogP contribution in [0.3, 0.4) is 0 Å². The zero-order valence-corrected chi connectivity index (χ0v) is 29.0. The normalized spacial score (nSPS) is 15.2. The molecule has 0 aliphatic rings. The lowest BCUT2D eigenvalue weighted by atomic mass is 10.0. The second kappa shape index (κ2) is 15.1. The number of aromatic nitrogens is 2. The largest absolute Gasteiger partial charge is 0.310 e. The lowest BCUT2D eigenvalue weighted by Gasteiger charge is -2.26. The van der Waals surface area contributed by atoms with Gasteiger partial charge in [0.2, 0.25) is 0 Å². The van der Waals surface area contributed by atoms with E-state index in [1.165, 1.54) is 11.8 Å². The van der Waals surface area contributed by atoms with E-state index < -0.39 is 125 Å². The monoisotopic (exact) mass is 725 g/mol. The highest BCUT2D eigenvalue weighted by Crippen LogP contribution is 2.41. The summed E-state index contributed by atoms with van der Waals surface area (Å²) in [6, 6.07) is 22.6. The van der Waals surface area contributed by atoms with Crippen molar-refractivity contribution >= 4 is 39.6 Å². The minimum atomic E-state index is -0.917. The lowest BCUT2D eigenvalue weighted by molar-refractivity contribution is 1.17. The molecule has 0 bridgehead atoms. The van der Waals surface area contributed by atoms with E-state index in [0.717, 1.165) is 16.0 Å². The van der Waals surface area contributed by atoms with Crippen molar-refractivity contribution in [3.05, 3.63) is 212 Å². The fraction of sp³-hybridized carbons (Fsp3) is 0. The summed E-state index contributed by atoms with van der Waals surface area (Å²) in [5, 5.41) is -1.05. The average Bonchev–Trinajstić information content (AvgIpc) is 3.37. The molecule has 0 saturated heterocycles. The second-order valence-electron chi connectivity index (χ2n) is 11.8. The Balaban J connectivity index is 1.31. The summed E-state index contributed by atoms with van der Waals surface area (Å²) >= 11 is 1.35. The standard InChI is InChI=1S/C50H35N3S/c1-5-16-38(17-6-1)47-35-48(39-18-7-2-8-19-39)52-50(51-47)46-32-28-41(34-49(46)54-45-23-11-4-12-24-45)37-25-29-43(30-26-37)53(42-21-9-3-10-22-42)44-31-27-36-15-13-14-20-40(36)33-44/h1-35H/i3D,9D,10D,13D,14D,15D,20D,21D,22D,25D,26D,27D,29D,30D,31D,33D. The van der Waals surface area contributed by atoms with Gasteiger partial charge in [-0.25, -0.2) is 9.97 Å². The van der Waals surface area contributed by atoms with E-state index in [0.29, 0.717) is 32.6 Å². The van der Waals surface area contributed by atoms with Crippen molar-refractivity contribution in [2.75, 3.05) is 4.90 Å². The SMILES string of the molecule is [2H]c1c([2H])c([2H])c(N(c2c([2H])c([2H])c(-c3ccc(-c4nc(-c5ccccc5)cc(-c5ccccc5)n4)c(Sc4ccccc4)c3)c([2H])c2[2H])c2c([2H])c([2H])c3c([2H])c([2H])c([2H])c([2H])c3c2[2H])c([2H])c1[2H]. The third-order valence-corrected chi connectivity index (χ3v) is 9.42. The number of benzene rings is 8. The molecule has 9 rings (SSSR count). The number of nitrogens with zero attached hydrogens (tertiary/aromatic N) is 3. The number of hydrogen-bond acceptors (Lipinski definition) is 4. The highest BCUT2D eigenvalue weighted by molar-refractivity contribution is 7.99. The van der Waals surface area contributed by atoms with Gasteiger partial charge in [0.05, 0.1) is 33.3 Å². The third kappa shape index (κ3) is 7.03. The zero-order valence-electron chi connectivity index (χ0n) is 44.2. The van der Waals surface area contributed by atoms with Gasteiger partial charge in [-0.3, -0.25) is 0 Å². The van der Waals surface area contributed by atoms with E-state index in [4.69, 9.17) is 23.7 Å². The Morgan fingerprint density at radius 2 is 1.02 bits per heavy atom. The van der Waals surface area contributed by atoms with Gasteiger partial charge in [0, 0.05) is 43.5 Å². The van der Waals surface area contributed by atoms with Gasteiger partial charge in [-0.1, -0.05) is 157 Å². The first-order valence-electron chi connectivity index (χ1n) is 24.8. The van der Waals surface area contributed by atoms with E-state index in [9.17, 15) is 8.22 Å². The molecule has 0 unspecified atom stereocenters. The Morgan fingerprint density at radius 3 is 1.69 bits per heavy atom. The van der Waals surface area contributed by atoms with Crippen molar-refractivity contribution in [1.82, 2.24) is 9.97 Å². The molecule has 0 fully saturated rings. The Bertz CT molecular complexity index is 3490. The summed E-state index contributed by atoms with van der Waals surface area (Å²) in [5.74, 6) is 0.362. The van der Waals surface area contributed by atoms with E-state index in [2.05, 4.69) is 0 Å². The minimum Gasteiger partial charge on any atom is -0.310 e. The van der Waals surface area contributed by atoms with Crippen molar-refractivity contribution in [2.45, 2.75) is 9.79 Å². The maximum absolute atomic E-state index is 9.56. The van der Waals surface area contributed by atoms with Gasteiger partial charge >= 0.3 is 0 Å². The smallest absolute Gasteiger partial charge is 0.161 e. The summed E-state index contributed by atoms with van der Waals surface area (Å²) in [5.41, 5.74) is 1.27. The molecule has 54 heavy (non-hydrogen) atoms. The molecule has 0 aliphatic carbocycles. The van der Waals surface area contributed by atoms with Crippen LogP contribution in [-0.4, -0.2) is 9.97 Å². The van der Waals surface area contributed by atoms with E-state index in [-0.39, 0.29) is 11.1 Å². The first kappa shape index (κ1) is 19.9. The number of para-hydroxylation sites is 1. The molecule has 1 heterocycles. The quantitative estimate of drug-likeness (QED) is 0.148. The topological polar surface area (TPSA) is 29.0 Å². The molecule has 0 amide bonds. The molecule has 1 aromatic heterocycles. The second-order valence-corrected chi connectivity index (χ2v) is 12.9. The van der Waals surface area contributed by atoms with Crippen LogP contribution in [0, 0.1) is 0 Å². The Labute approximate surface area is 342 Å². The first-order chi connectivity index (χ1) is 33.4. The van der Waals surface area contributed by atoms with Crippen LogP contribution in [0.2, 0.25) is 0 Å². The summed E-state index contributed by atoms with van der Waals surface area (Å²) < 4.78 is 143. The van der Waals surface area contributed by atoms with E-state index >= 15 is 0 Å². The summed E-state index contributed by atoms with van der Waals surface area (Å²) in [6.45, 7) is 0. The molecule has 0 aliphatic heterocycles. The van der Waals surface area contributed by atoms with E-state index in [1.807, 2.05) is 97.1 Å². The molecule has 0 saturated carbocycles. The molecule has 0 radical (unpaired) electrons. The number of anilines is 3. The van der Waals surface area contributed by atoms with Crippen LogP contribution in [0.25, 0.3) is 55.8 Å². The number of rotatable bonds is 9. The zero-order chi connectivity index (χ0) is 50.0. The van der Waals surface area contributed by atoms with Gasteiger partial charge < -0.3 is 4.90 Å². The predicted octanol–water partition coefficient (Wildman–Crippen LogP) is 13.9. The molecular formula is C50H35N3S. The Kier molecular flexibility index (Phi) is 5.56. The third-order valence-electron chi connectivity index (χ3n) is 8.35. The molecular weight excluding hydrogens is 675 g/mol. The first-order valence-corrected chi connectivity index (χ1v) is 17.6. The Hall–Kier alpha value is -6.75. The van der Waals surface area contributed by atoms with Crippen molar-refractivity contribution in [3.63, 3.8) is 0 Å². The van der Waals surface area contributed by atoms with Gasteiger partial charge in [-0.2, -0.15) is 0 Å². The average molecular weight is 726 g/mol. The minimum absolute atomic E-state index is 0.198. The maximum atomic E-state index is 9.56. The molecule has 256 valence electrons. The fourth-order valence-electron chi connectivity index (χ4n) is 5.78. The summed E-state index contributed by atoms with van der Waals surface area (Å²) in [4.78, 5) is 12.1. The number of fused-ring (bicyclic) bond motifs is 1. The summed E-state index contributed by atoms with van der Waals surface area (Å²) in [6.07, 6.45) is 0. The van der Waals surface area contributed by atoms with Crippen LogP contribution in [0.15, 0.2) is 222 Å². The van der Waals surface area contributed by atoms with Gasteiger partial charge in [-0.15, -0.1) is 0 Å². The lowest BCUT2D eigenvalue weighted by Crippen LogP contribution is -2.09. The van der Waals surface area contributed by atoms with Crippen molar-refractivity contribution in [2.24, 2.45) is 0 Å². The molecule has 0 atom stereocenters. The van der Waals surface area contributed by atoms with Crippen molar-refractivity contribution in [3.8, 4) is 45.0 Å². The predicted molar refractivity (Wildman–Crippen MR) is 227 cm³/mol. The summed E-state index contributed by atoms with van der Waals surface area (Å²) in [7, 11) is 0. The van der Waals surface area contributed by atoms with Crippen LogP contribution in [0.4, 0.5) is 17.1 Å². The van der Waals surface area contributed by atoms with Gasteiger partial charge in [0.1, 0.15) is 0 Å². The van der Waals surface area contributed by atoms with Gasteiger partial charge in [-0.05, 0) is 88.5 Å². The molecule has 9 aromatic rings.